The monoisotopic (exact) mass is 486 g/mol. The summed E-state index contributed by atoms with van der Waals surface area (Å²) in [5.74, 6) is -0.533. The molecule has 2 aromatic carbocycles. The lowest BCUT2D eigenvalue weighted by atomic mass is 9.90. The number of aryl methyl sites for hydroxylation is 1. The molecule has 33 heavy (non-hydrogen) atoms. The van der Waals surface area contributed by atoms with Crippen molar-refractivity contribution in [3.05, 3.63) is 63.8 Å². The second-order valence-electron chi connectivity index (χ2n) is 7.63. The maximum atomic E-state index is 13.3. The van der Waals surface area contributed by atoms with Gasteiger partial charge in [0.05, 0.1) is 17.7 Å². The number of nitrogens with two attached hydrogens (primary N) is 1. The molecule has 0 radical (unpaired) electrons. The van der Waals surface area contributed by atoms with Crippen LogP contribution in [0, 0.1) is 6.92 Å². The van der Waals surface area contributed by atoms with Crippen molar-refractivity contribution >= 4 is 38.7 Å². The van der Waals surface area contributed by atoms with E-state index in [1.807, 2.05) is 6.92 Å². The van der Waals surface area contributed by atoms with E-state index < -0.39 is 15.7 Å². The van der Waals surface area contributed by atoms with Crippen molar-refractivity contribution in [2.45, 2.75) is 29.1 Å². The fourth-order valence-electron chi connectivity index (χ4n) is 3.68. The average molecular weight is 487 g/mol. The minimum absolute atomic E-state index is 0.0813. The lowest BCUT2D eigenvalue weighted by Crippen LogP contribution is -2.23. The zero-order valence-electron chi connectivity index (χ0n) is 18.0. The van der Waals surface area contributed by atoms with Crippen molar-refractivity contribution in [1.82, 2.24) is 0 Å². The first kappa shape index (κ1) is 22.8. The third kappa shape index (κ3) is 4.44. The molecule has 1 aliphatic rings. The van der Waals surface area contributed by atoms with Gasteiger partial charge in [-0.2, -0.15) is 0 Å². The molecule has 2 amide bonds. The van der Waals surface area contributed by atoms with E-state index in [-0.39, 0.29) is 34.6 Å². The summed E-state index contributed by atoms with van der Waals surface area (Å²) in [4.78, 5) is 24.6. The van der Waals surface area contributed by atoms with Gasteiger partial charge in [-0.05, 0) is 36.8 Å². The number of nitrogens with one attached hydrogen (secondary N) is 1. The molecule has 172 valence electrons. The Morgan fingerprint density at radius 3 is 2.58 bits per heavy atom. The number of thiophene rings is 1. The number of hydrogen-bond donors (Lipinski definition) is 2. The van der Waals surface area contributed by atoms with Crippen LogP contribution < -0.4 is 20.5 Å². The second kappa shape index (κ2) is 8.87. The molecule has 0 saturated heterocycles. The van der Waals surface area contributed by atoms with E-state index in [4.69, 9.17) is 15.2 Å². The Balaban J connectivity index is 1.74. The molecular weight excluding hydrogens is 464 g/mol. The first-order valence-electron chi connectivity index (χ1n) is 10.0. The molecule has 1 atom stereocenters. The van der Waals surface area contributed by atoms with Gasteiger partial charge in [0, 0.05) is 22.6 Å². The normalized spacial score (nSPS) is 15.5. The molecule has 0 unspecified atom stereocenters. The Morgan fingerprint density at radius 2 is 1.91 bits per heavy atom. The zero-order valence-corrected chi connectivity index (χ0v) is 19.6. The molecule has 8 nitrogen and oxygen atoms in total. The summed E-state index contributed by atoms with van der Waals surface area (Å²) in [6, 6.07) is 11.7. The van der Waals surface area contributed by atoms with E-state index >= 15 is 0 Å². The van der Waals surface area contributed by atoms with Gasteiger partial charge in [-0.3, -0.25) is 9.59 Å². The highest BCUT2D eigenvalue weighted by atomic mass is 32.2. The number of anilines is 1. The van der Waals surface area contributed by atoms with E-state index in [9.17, 15) is 18.0 Å². The van der Waals surface area contributed by atoms with Gasteiger partial charge in [-0.1, -0.05) is 23.8 Å². The maximum Gasteiger partial charge on any atom is 0.255 e. The van der Waals surface area contributed by atoms with Crippen molar-refractivity contribution in [3.63, 3.8) is 0 Å². The number of rotatable bonds is 7. The topological polar surface area (TPSA) is 125 Å². The van der Waals surface area contributed by atoms with Gasteiger partial charge in [0.25, 0.3) is 5.91 Å². The van der Waals surface area contributed by atoms with Gasteiger partial charge in [0.15, 0.2) is 18.1 Å². The molecule has 3 N–H and O–H groups in total. The smallest absolute Gasteiger partial charge is 0.255 e. The number of primary amides is 1. The Bertz CT molecular complexity index is 1330. The lowest BCUT2D eigenvalue weighted by molar-refractivity contribution is -0.120. The van der Waals surface area contributed by atoms with Gasteiger partial charge < -0.3 is 20.5 Å². The fraction of sp³-hybridized carbons (Fsp3) is 0.217. The maximum absolute atomic E-state index is 13.3. The summed E-state index contributed by atoms with van der Waals surface area (Å²) in [6.45, 7) is 1.59. The number of fused-ring (bicyclic) bond motifs is 1. The summed E-state index contributed by atoms with van der Waals surface area (Å²) in [5.41, 5.74) is 7.16. The lowest BCUT2D eigenvalue weighted by Gasteiger charge is -2.24. The molecule has 10 heteroatoms. The Morgan fingerprint density at radius 1 is 1.18 bits per heavy atom. The molecule has 3 aromatic rings. The molecule has 0 saturated carbocycles. The number of methoxy groups -OCH3 is 1. The number of hydrogen-bond acceptors (Lipinski definition) is 7. The Hall–Kier alpha value is -3.37. The van der Waals surface area contributed by atoms with Crippen molar-refractivity contribution < 1.29 is 27.5 Å². The standard InChI is InChI=1S/C23H22N2O6S2/c1-13-3-6-15(7-4-13)33(28,29)19-12-32-23-16(10-21(27)25-22(19)23)14-5-8-17(18(9-14)30-2)31-11-20(24)26/h3-9,12,16H,10-11H2,1-2H3,(H2,24,26)(H,25,27)/t16-/m0/s1. The van der Waals surface area contributed by atoms with Gasteiger partial charge in [0.2, 0.25) is 15.7 Å². The number of benzene rings is 2. The highest BCUT2D eigenvalue weighted by Gasteiger charge is 2.34. The van der Waals surface area contributed by atoms with Crippen molar-refractivity contribution in [1.29, 1.82) is 0 Å². The highest BCUT2D eigenvalue weighted by Crippen LogP contribution is 2.47. The van der Waals surface area contributed by atoms with E-state index in [1.165, 1.54) is 18.4 Å². The van der Waals surface area contributed by atoms with E-state index in [0.717, 1.165) is 16.0 Å². The SMILES string of the molecule is COc1cc([C@@H]2CC(=O)Nc3c(S(=O)(=O)c4ccc(C)cc4)csc32)ccc1OCC(N)=O. The average Bonchev–Trinajstić information content (AvgIpc) is 3.21. The zero-order chi connectivity index (χ0) is 23.8. The molecule has 2 heterocycles. The molecule has 1 aliphatic heterocycles. The van der Waals surface area contributed by atoms with Crippen LogP contribution in [0.1, 0.15) is 28.3 Å². The molecular formula is C23H22N2O6S2. The fourth-order valence-corrected chi connectivity index (χ4v) is 6.59. The summed E-state index contributed by atoms with van der Waals surface area (Å²) in [7, 11) is -2.35. The van der Waals surface area contributed by atoms with Crippen LogP contribution in [0.25, 0.3) is 0 Å². The Kier molecular flexibility index (Phi) is 6.13. The minimum atomic E-state index is -3.81. The van der Waals surface area contributed by atoms with Gasteiger partial charge in [0.1, 0.15) is 4.90 Å². The molecule has 0 spiro atoms. The minimum Gasteiger partial charge on any atom is -0.493 e. The van der Waals surface area contributed by atoms with E-state index in [1.54, 1.807) is 47.8 Å². The van der Waals surface area contributed by atoms with Crippen LogP contribution in [-0.4, -0.2) is 33.9 Å². The largest absolute Gasteiger partial charge is 0.493 e. The van der Waals surface area contributed by atoms with Crippen LogP contribution in [0.3, 0.4) is 0 Å². The van der Waals surface area contributed by atoms with Crippen LogP contribution >= 0.6 is 11.3 Å². The summed E-state index contributed by atoms with van der Waals surface area (Å²) < 4.78 is 37.3. The molecule has 0 bridgehead atoms. The first-order valence-corrected chi connectivity index (χ1v) is 12.4. The number of carbonyl (C=O) groups excluding carboxylic acids is 2. The van der Waals surface area contributed by atoms with E-state index in [2.05, 4.69) is 5.32 Å². The summed E-state index contributed by atoms with van der Waals surface area (Å²) in [5, 5.41) is 4.32. The van der Waals surface area contributed by atoms with Crippen LogP contribution in [0.4, 0.5) is 5.69 Å². The quantitative estimate of drug-likeness (QED) is 0.528. The van der Waals surface area contributed by atoms with Crippen LogP contribution in [0.5, 0.6) is 11.5 Å². The predicted molar refractivity (Wildman–Crippen MR) is 124 cm³/mol. The third-order valence-corrected chi connectivity index (χ3v) is 8.38. The second-order valence-corrected chi connectivity index (χ2v) is 10.5. The van der Waals surface area contributed by atoms with Crippen molar-refractivity contribution in [3.8, 4) is 11.5 Å². The third-order valence-electron chi connectivity index (χ3n) is 5.34. The molecule has 4 rings (SSSR count). The summed E-state index contributed by atoms with van der Waals surface area (Å²) in [6.07, 6.45) is 0.155. The Labute approximate surface area is 195 Å². The predicted octanol–water partition coefficient (Wildman–Crippen LogP) is 3.24. The van der Waals surface area contributed by atoms with Gasteiger partial charge in [-0.25, -0.2) is 8.42 Å². The van der Waals surface area contributed by atoms with Crippen LogP contribution in [0.2, 0.25) is 0 Å². The van der Waals surface area contributed by atoms with Crippen molar-refractivity contribution in [2.24, 2.45) is 5.73 Å². The first-order chi connectivity index (χ1) is 15.7. The number of ether oxygens (including phenoxy) is 2. The summed E-state index contributed by atoms with van der Waals surface area (Å²) >= 11 is 1.29. The highest BCUT2D eigenvalue weighted by molar-refractivity contribution is 7.91. The number of sulfone groups is 1. The number of amides is 2. The van der Waals surface area contributed by atoms with Crippen molar-refractivity contribution in [2.75, 3.05) is 19.0 Å². The van der Waals surface area contributed by atoms with Gasteiger partial charge in [-0.15, -0.1) is 11.3 Å². The number of carbonyl (C=O) groups is 2. The molecule has 0 fully saturated rings. The molecule has 0 aliphatic carbocycles. The van der Waals surface area contributed by atoms with Crippen LogP contribution in [-0.2, 0) is 19.4 Å². The van der Waals surface area contributed by atoms with E-state index in [0.29, 0.717) is 17.2 Å². The van der Waals surface area contributed by atoms with Crippen LogP contribution in [0.15, 0.2) is 57.6 Å². The van der Waals surface area contributed by atoms with Gasteiger partial charge >= 0.3 is 0 Å². The molecule has 1 aromatic heterocycles.